The number of benzene rings is 2. The predicted octanol–water partition coefficient (Wildman–Crippen LogP) is 5.49. The van der Waals surface area contributed by atoms with Gasteiger partial charge in [0.25, 0.3) is 0 Å². The second-order valence-corrected chi connectivity index (χ2v) is 6.58. The first-order valence-corrected chi connectivity index (χ1v) is 8.29. The van der Waals surface area contributed by atoms with Crippen LogP contribution in [0, 0.1) is 12.3 Å². The van der Waals surface area contributed by atoms with Crippen LogP contribution in [0.4, 0.5) is 24.5 Å². The highest BCUT2D eigenvalue weighted by Gasteiger charge is 2.37. The first-order chi connectivity index (χ1) is 12.0. The molecule has 1 aromatic heterocycles. The number of nitrogens with zero attached hydrogens (tertiary/aromatic N) is 2. The highest BCUT2D eigenvalue weighted by Crippen LogP contribution is 2.53. The van der Waals surface area contributed by atoms with Crippen LogP contribution in [0.25, 0.3) is 10.9 Å². The van der Waals surface area contributed by atoms with E-state index in [0.29, 0.717) is 10.6 Å². The van der Waals surface area contributed by atoms with Gasteiger partial charge in [-0.25, -0.2) is 0 Å². The monoisotopic (exact) mass is 356 g/mol. The molecule has 1 aliphatic rings. The van der Waals surface area contributed by atoms with Crippen molar-refractivity contribution in [1.82, 2.24) is 4.98 Å². The number of para-hydroxylation sites is 1. The third kappa shape index (κ3) is 2.52. The zero-order valence-corrected chi connectivity index (χ0v) is 13.7. The molecule has 0 saturated heterocycles. The van der Waals surface area contributed by atoms with Crippen molar-refractivity contribution in [3.05, 3.63) is 54.2 Å². The molecule has 0 spiro atoms. The van der Waals surface area contributed by atoms with E-state index in [9.17, 15) is 13.2 Å². The zero-order chi connectivity index (χ0) is 17.6. The molecule has 124 valence electrons. The standard InChI is InChI=1S/C19H11F3N2S/c1-2-10-24-15-9-5-7-13(19(20,21)22)18(15)25-16-11-23-14-8-4-3-6-12(14)17(16)24/h1,3-9,11H,10H2. The molecule has 0 amide bonds. The normalized spacial score (nSPS) is 13.3. The van der Waals surface area contributed by atoms with Gasteiger partial charge in [0.15, 0.2) is 0 Å². The Balaban J connectivity index is 2.02. The Morgan fingerprint density at radius 3 is 2.68 bits per heavy atom. The number of pyridine rings is 1. The average Bonchev–Trinajstić information content (AvgIpc) is 2.60. The Kier molecular flexibility index (Phi) is 3.62. The van der Waals surface area contributed by atoms with Gasteiger partial charge in [0.05, 0.1) is 33.9 Å². The quantitative estimate of drug-likeness (QED) is 0.537. The van der Waals surface area contributed by atoms with Crippen molar-refractivity contribution in [2.24, 2.45) is 0 Å². The fraction of sp³-hybridized carbons (Fsp3) is 0.105. The summed E-state index contributed by atoms with van der Waals surface area (Å²) in [7, 11) is 0. The van der Waals surface area contributed by atoms with Crippen LogP contribution < -0.4 is 4.90 Å². The van der Waals surface area contributed by atoms with Gasteiger partial charge in [-0.2, -0.15) is 13.2 Å². The summed E-state index contributed by atoms with van der Waals surface area (Å²) < 4.78 is 40.3. The Labute approximate surface area is 146 Å². The zero-order valence-electron chi connectivity index (χ0n) is 12.8. The fourth-order valence-electron chi connectivity index (χ4n) is 3.02. The second kappa shape index (κ2) is 5.71. The number of fused-ring (bicyclic) bond motifs is 4. The van der Waals surface area contributed by atoms with E-state index >= 15 is 0 Å². The number of anilines is 2. The van der Waals surface area contributed by atoms with E-state index in [1.165, 1.54) is 6.07 Å². The van der Waals surface area contributed by atoms with Crippen LogP contribution in [-0.2, 0) is 6.18 Å². The lowest BCUT2D eigenvalue weighted by molar-refractivity contribution is -0.139. The van der Waals surface area contributed by atoms with Gasteiger partial charge < -0.3 is 4.90 Å². The van der Waals surface area contributed by atoms with E-state index in [1.807, 2.05) is 24.3 Å². The number of terminal acetylenes is 1. The molecule has 0 radical (unpaired) electrons. The van der Waals surface area contributed by atoms with E-state index in [1.54, 1.807) is 17.2 Å². The molecule has 0 bridgehead atoms. The molecule has 0 atom stereocenters. The van der Waals surface area contributed by atoms with Crippen LogP contribution in [0.15, 0.2) is 58.5 Å². The van der Waals surface area contributed by atoms with Crippen molar-refractivity contribution < 1.29 is 13.2 Å². The minimum absolute atomic E-state index is 0.162. The van der Waals surface area contributed by atoms with Crippen LogP contribution in [0.5, 0.6) is 0 Å². The third-order valence-corrected chi connectivity index (χ3v) is 5.19. The van der Waals surface area contributed by atoms with Crippen LogP contribution >= 0.6 is 11.8 Å². The van der Waals surface area contributed by atoms with Crippen molar-refractivity contribution in [3.8, 4) is 12.3 Å². The first-order valence-electron chi connectivity index (χ1n) is 7.47. The highest BCUT2D eigenvalue weighted by molar-refractivity contribution is 7.99. The molecule has 2 aromatic carbocycles. The van der Waals surface area contributed by atoms with Crippen LogP contribution in [-0.4, -0.2) is 11.5 Å². The van der Waals surface area contributed by atoms with Gasteiger partial charge in [-0.3, -0.25) is 4.98 Å². The molecule has 6 heteroatoms. The molecule has 0 unspecified atom stereocenters. The summed E-state index contributed by atoms with van der Waals surface area (Å²) in [5, 5.41) is 0.866. The molecule has 1 aliphatic heterocycles. The summed E-state index contributed by atoms with van der Waals surface area (Å²) in [5.41, 5.74) is 1.40. The topological polar surface area (TPSA) is 16.1 Å². The van der Waals surface area contributed by atoms with E-state index in [2.05, 4.69) is 10.9 Å². The van der Waals surface area contributed by atoms with E-state index in [0.717, 1.165) is 34.4 Å². The molecule has 3 aromatic rings. The maximum Gasteiger partial charge on any atom is 0.417 e. The van der Waals surface area contributed by atoms with E-state index in [4.69, 9.17) is 6.42 Å². The Hall–Kier alpha value is -2.65. The molecule has 0 fully saturated rings. The van der Waals surface area contributed by atoms with Gasteiger partial charge in [-0.05, 0) is 18.2 Å². The predicted molar refractivity (Wildman–Crippen MR) is 93.1 cm³/mol. The molecule has 25 heavy (non-hydrogen) atoms. The first kappa shape index (κ1) is 15.9. The third-order valence-electron chi connectivity index (χ3n) is 4.04. The summed E-state index contributed by atoms with van der Waals surface area (Å²) >= 11 is 1.09. The van der Waals surface area contributed by atoms with Crippen molar-refractivity contribution in [2.45, 2.75) is 16.0 Å². The van der Waals surface area contributed by atoms with Crippen molar-refractivity contribution in [2.75, 3.05) is 11.4 Å². The summed E-state index contributed by atoms with van der Waals surface area (Å²) in [6, 6.07) is 11.7. The lowest BCUT2D eigenvalue weighted by Crippen LogP contribution is -2.23. The smallest absolute Gasteiger partial charge is 0.327 e. The molecular formula is C19H11F3N2S. The maximum absolute atomic E-state index is 13.4. The van der Waals surface area contributed by atoms with Crippen molar-refractivity contribution in [1.29, 1.82) is 0 Å². The molecule has 0 N–H and O–H groups in total. The number of aromatic nitrogens is 1. The molecule has 0 aliphatic carbocycles. The van der Waals surface area contributed by atoms with Gasteiger partial charge in [0, 0.05) is 16.5 Å². The van der Waals surface area contributed by atoms with Crippen molar-refractivity contribution in [3.63, 3.8) is 0 Å². The Bertz CT molecular complexity index is 1020. The fourth-order valence-corrected chi connectivity index (χ4v) is 4.23. The lowest BCUT2D eigenvalue weighted by Gasteiger charge is -2.33. The van der Waals surface area contributed by atoms with Crippen LogP contribution in [0.2, 0.25) is 0 Å². The number of halogens is 3. The molecule has 0 saturated carbocycles. The average molecular weight is 356 g/mol. The highest BCUT2D eigenvalue weighted by atomic mass is 32.2. The van der Waals surface area contributed by atoms with Crippen LogP contribution in [0.1, 0.15) is 5.56 Å². The van der Waals surface area contributed by atoms with E-state index in [-0.39, 0.29) is 11.4 Å². The van der Waals surface area contributed by atoms with Gasteiger partial charge in [-0.1, -0.05) is 41.9 Å². The van der Waals surface area contributed by atoms with Crippen molar-refractivity contribution >= 4 is 34.0 Å². The summed E-state index contributed by atoms with van der Waals surface area (Å²) in [6.45, 7) is 0.176. The Morgan fingerprint density at radius 1 is 1.12 bits per heavy atom. The number of hydrogen-bond donors (Lipinski definition) is 0. The summed E-state index contributed by atoms with van der Waals surface area (Å²) in [6.07, 6.45) is 2.69. The molecular weight excluding hydrogens is 345 g/mol. The second-order valence-electron chi connectivity index (χ2n) is 5.53. The number of rotatable bonds is 1. The summed E-state index contributed by atoms with van der Waals surface area (Å²) in [5.74, 6) is 2.56. The van der Waals surface area contributed by atoms with Gasteiger partial charge >= 0.3 is 6.18 Å². The van der Waals surface area contributed by atoms with Gasteiger partial charge in [-0.15, -0.1) is 6.42 Å². The minimum Gasteiger partial charge on any atom is -0.327 e. The SMILES string of the molecule is C#CCN1c2cccc(C(F)(F)F)c2Sc2cnc3ccccc3c21. The molecule has 2 heterocycles. The maximum atomic E-state index is 13.4. The lowest BCUT2D eigenvalue weighted by atomic mass is 10.1. The minimum atomic E-state index is -4.43. The van der Waals surface area contributed by atoms with E-state index < -0.39 is 11.7 Å². The van der Waals surface area contributed by atoms with Crippen LogP contribution in [0.3, 0.4) is 0 Å². The van der Waals surface area contributed by atoms with Gasteiger partial charge in [0.1, 0.15) is 0 Å². The Morgan fingerprint density at radius 2 is 1.92 bits per heavy atom. The molecule has 4 rings (SSSR count). The largest absolute Gasteiger partial charge is 0.417 e. The number of hydrogen-bond acceptors (Lipinski definition) is 3. The molecule has 2 nitrogen and oxygen atoms in total. The summed E-state index contributed by atoms with van der Waals surface area (Å²) in [4.78, 5) is 6.96. The van der Waals surface area contributed by atoms with Gasteiger partial charge in [0.2, 0.25) is 0 Å². The number of alkyl halides is 3.